The first-order valence-corrected chi connectivity index (χ1v) is 11.6. The number of aliphatic hydroxyl groups is 1. The average Bonchev–Trinajstić information content (AvgIpc) is 2.96. The number of allylic oxidation sites excluding steroid dienone is 2. The molecule has 5 unspecified atom stereocenters. The number of rotatable bonds is 4. The number of Topliss-reactive ketones (excluding diaryl/α,β-unsaturated/α-hetero) is 1. The molecule has 0 radical (unpaired) electrons. The number of fused-ring (bicyclic) bond motifs is 5. The summed E-state index contributed by atoms with van der Waals surface area (Å²) < 4.78 is 0. The minimum Gasteiger partial charge on any atom is -0.390 e. The van der Waals surface area contributed by atoms with Gasteiger partial charge < -0.3 is 5.11 Å². The SMILES string of the molecule is CC(CCC(C)(C)O)[C@H]1CCC2C3CC=C4CC(=O)CCC4C3CC[C@@]21C. The van der Waals surface area contributed by atoms with Crippen LogP contribution in [0.5, 0.6) is 0 Å². The van der Waals surface area contributed by atoms with Crippen molar-refractivity contribution in [1.29, 1.82) is 0 Å². The normalized spacial score (nSPS) is 42.8. The van der Waals surface area contributed by atoms with Gasteiger partial charge in [-0.05, 0) is 106 Å². The van der Waals surface area contributed by atoms with Crippen molar-refractivity contribution in [2.75, 3.05) is 0 Å². The predicted molar refractivity (Wildman–Crippen MR) is 110 cm³/mol. The molecular weight excluding hydrogens is 332 g/mol. The summed E-state index contributed by atoms with van der Waals surface area (Å²) in [5.41, 5.74) is 1.47. The summed E-state index contributed by atoms with van der Waals surface area (Å²) in [7, 11) is 0. The molecule has 4 aliphatic rings. The zero-order valence-corrected chi connectivity index (χ0v) is 18.0. The van der Waals surface area contributed by atoms with Gasteiger partial charge >= 0.3 is 0 Å². The third-order valence-electron chi connectivity index (χ3n) is 9.25. The molecule has 0 aromatic heterocycles. The molecule has 2 heteroatoms. The van der Waals surface area contributed by atoms with Crippen molar-refractivity contribution in [2.24, 2.45) is 40.9 Å². The molecule has 0 amide bonds. The second-order valence-corrected chi connectivity index (χ2v) is 11.4. The summed E-state index contributed by atoms with van der Waals surface area (Å²) in [6, 6.07) is 0. The minimum atomic E-state index is -0.534. The van der Waals surface area contributed by atoms with E-state index in [1.54, 1.807) is 0 Å². The van der Waals surface area contributed by atoms with Gasteiger partial charge in [-0.3, -0.25) is 4.79 Å². The fourth-order valence-corrected chi connectivity index (χ4v) is 7.86. The van der Waals surface area contributed by atoms with E-state index in [9.17, 15) is 9.90 Å². The van der Waals surface area contributed by atoms with Gasteiger partial charge in [0.15, 0.2) is 0 Å². The molecule has 27 heavy (non-hydrogen) atoms. The number of carbonyl (C=O) groups excluding carboxylic acids is 1. The fourth-order valence-electron chi connectivity index (χ4n) is 7.86. The van der Waals surface area contributed by atoms with Crippen LogP contribution in [0, 0.1) is 40.9 Å². The highest BCUT2D eigenvalue weighted by Crippen LogP contribution is 2.64. The van der Waals surface area contributed by atoms with E-state index in [4.69, 9.17) is 0 Å². The van der Waals surface area contributed by atoms with Crippen molar-refractivity contribution in [1.82, 2.24) is 0 Å². The Morgan fingerprint density at radius 2 is 2.00 bits per heavy atom. The molecule has 3 fully saturated rings. The lowest BCUT2D eigenvalue weighted by Gasteiger charge is -2.54. The van der Waals surface area contributed by atoms with Crippen LogP contribution < -0.4 is 0 Å². The highest BCUT2D eigenvalue weighted by Gasteiger charge is 2.56. The molecule has 0 bridgehead atoms. The highest BCUT2D eigenvalue weighted by atomic mass is 16.3. The summed E-state index contributed by atoms with van der Waals surface area (Å²) >= 11 is 0. The van der Waals surface area contributed by atoms with Crippen molar-refractivity contribution in [2.45, 2.75) is 97.5 Å². The Balaban J connectivity index is 1.49. The van der Waals surface area contributed by atoms with E-state index in [0.717, 1.165) is 61.7 Å². The van der Waals surface area contributed by atoms with Gasteiger partial charge in [0.25, 0.3) is 0 Å². The van der Waals surface area contributed by atoms with E-state index in [1.165, 1.54) is 37.7 Å². The Morgan fingerprint density at radius 3 is 2.74 bits per heavy atom. The molecule has 3 saturated carbocycles. The standard InChI is InChI=1S/C25H40O2/c1-16(11-13-24(2,3)27)22-9-10-23-21-7-5-17-15-18(26)6-8-19(17)20(21)12-14-25(22,23)4/h5,16,19-23,27H,6-15H2,1-4H3/t16?,19?,20?,21?,22-,23?,25-/m1/s1. The van der Waals surface area contributed by atoms with Crippen LogP contribution in [0.3, 0.4) is 0 Å². The lowest BCUT2D eigenvalue weighted by molar-refractivity contribution is -0.120. The van der Waals surface area contributed by atoms with E-state index in [1.807, 2.05) is 13.8 Å². The van der Waals surface area contributed by atoms with E-state index >= 15 is 0 Å². The van der Waals surface area contributed by atoms with Gasteiger partial charge in [0, 0.05) is 12.8 Å². The van der Waals surface area contributed by atoms with Crippen LogP contribution in [0.2, 0.25) is 0 Å². The summed E-state index contributed by atoms with van der Waals surface area (Å²) in [5, 5.41) is 10.2. The number of carbonyl (C=O) groups is 1. The molecule has 0 aromatic rings. The predicted octanol–water partition coefficient (Wildman–Crippen LogP) is 5.93. The Hall–Kier alpha value is -0.630. The molecule has 7 atom stereocenters. The maximum Gasteiger partial charge on any atom is 0.136 e. The highest BCUT2D eigenvalue weighted by molar-refractivity contribution is 5.82. The second-order valence-electron chi connectivity index (χ2n) is 11.4. The molecule has 1 N–H and O–H groups in total. The van der Waals surface area contributed by atoms with Crippen molar-refractivity contribution in [3.05, 3.63) is 11.6 Å². The van der Waals surface area contributed by atoms with Gasteiger partial charge in [-0.2, -0.15) is 0 Å². The molecule has 0 heterocycles. The van der Waals surface area contributed by atoms with E-state index < -0.39 is 5.60 Å². The fraction of sp³-hybridized carbons (Fsp3) is 0.880. The monoisotopic (exact) mass is 372 g/mol. The molecule has 0 saturated heterocycles. The number of hydrogen-bond acceptors (Lipinski definition) is 2. The second kappa shape index (κ2) is 7.01. The third kappa shape index (κ3) is 3.56. The average molecular weight is 373 g/mol. The first kappa shape index (κ1) is 19.7. The van der Waals surface area contributed by atoms with E-state index in [2.05, 4.69) is 19.9 Å². The van der Waals surface area contributed by atoms with Gasteiger partial charge in [0.1, 0.15) is 5.78 Å². The van der Waals surface area contributed by atoms with Crippen LogP contribution in [0.15, 0.2) is 11.6 Å². The third-order valence-corrected chi connectivity index (χ3v) is 9.25. The number of hydrogen-bond donors (Lipinski definition) is 1. The van der Waals surface area contributed by atoms with Gasteiger partial charge in [-0.1, -0.05) is 25.5 Å². The first-order chi connectivity index (χ1) is 12.7. The Labute approximate surface area is 166 Å². The topological polar surface area (TPSA) is 37.3 Å². The molecule has 0 aliphatic heterocycles. The van der Waals surface area contributed by atoms with E-state index in [-0.39, 0.29) is 0 Å². The molecule has 0 aromatic carbocycles. The van der Waals surface area contributed by atoms with Crippen LogP contribution in [0.25, 0.3) is 0 Å². The first-order valence-electron chi connectivity index (χ1n) is 11.6. The van der Waals surface area contributed by atoms with Crippen molar-refractivity contribution >= 4 is 5.78 Å². The van der Waals surface area contributed by atoms with Crippen molar-refractivity contribution < 1.29 is 9.90 Å². The minimum absolute atomic E-state index is 0.471. The molecular formula is C25H40O2. The lowest BCUT2D eigenvalue weighted by Crippen LogP contribution is -2.46. The summed E-state index contributed by atoms with van der Waals surface area (Å²) in [6.45, 7) is 8.95. The molecule has 2 nitrogen and oxygen atoms in total. The van der Waals surface area contributed by atoms with Crippen LogP contribution in [-0.4, -0.2) is 16.5 Å². The van der Waals surface area contributed by atoms with E-state index in [0.29, 0.717) is 17.1 Å². The Kier molecular flexibility index (Phi) is 5.11. The van der Waals surface area contributed by atoms with Gasteiger partial charge in [0.05, 0.1) is 5.60 Å². The van der Waals surface area contributed by atoms with Gasteiger partial charge in [-0.15, -0.1) is 0 Å². The summed E-state index contributed by atoms with van der Waals surface area (Å²) in [6.07, 6.45) is 14.0. The van der Waals surface area contributed by atoms with Crippen LogP contribution in [0.4, 0.5) is 0 Å². The van der Waals surface area contributed by atoms with Crippen molar-refractivity contribution in [3.8, 4) is 0 Å². The van der Waals surface area contributed by atoms with Crippen LogP contribution >= 0.6 is 0 Å². The Bertz CT molecular complexity index is 612. The smallest absolute Gasteiger partial charge is 0.136 e. The zero-order valence-electron chi connectivity index (χ0n) is 18.0. The largest absolute Gasteiger partial charge is 0.390 e. The molecule has 0 spiro atoms. The Morgan fingerprint density at radius 1 is 1.22 bits per heavy atom. The van der Waals surface area contributed by atoms with Crippen LogP contribution in [0.1, 0.15) is 91.9 Å². The van der Waals surface area contributed by atoms with Crippen molar-refractivity contribution in [3.63, 3.8) is 0 Å². The van der Waals surface area contributed by atoms with Gasteiger partial charge in [-0.25, -0.2) is 0 Å². The maximum absolute atomic E-state index is 11.9. The maximum atomic E-state index is 11.9. The molecule has 4 aliphatic carbocycles. The molecule has 4 rings (SSSR count). The number of ketones is 1. The summed E-state index contributed by atoms with van der Waals surface area (Å²) in [5.74, 6) is 5.31. The summed E-state index contributed by atoms with van der Waals surface area (Å²) in [4.78, 5) is 11.9. The van der Waals surface area contributed by atoms with Crippen LogP contribution in [-0.2, 0) is 4.79 Å². The van der Waals surface area contributed by atoms with Gasteiger partial charge in [0.2, 0.25) is 0 Å². The quantitative estimate of drug-likeness (QED) is 0.621. The molecule has 152 valence electrons. The zero-order chi connectivity index (χ0) is 19.4. The lowest BCUT2D eigenvalue weighted by atomic mass is 9.51.